The molecule has 54 heavy (non-hydrogen) atoms. The predicted octanol–water partition coefficient (Wildman–Crippen LogP) is 7.65. The first kappa shape index (κ1) is 36.3. The van der Waals surface area contributed by atoms with Gasteiger partial charge in [-0.25, -0.2) is 14.8 Å². The SMILES string of the molecule is COc1ccc(C2=NC(=Nc3[nH]c4c(c3-c3ccccc3)CCc3cc(OCC(=O)N[C@@H](CCC(=O)O)C(=O)O)ccc3-4)C(c3ccccc3)=C2I)cc1. The van der Waals surface area contributed by atoms with Crippen LogP contribution in [0.3, 0.4) is 0 Å². The summed E-state index contributed by atoms with van der Waals surface area (Å²) in [5.74, 6) is -0.589. The number of rotatable bonds is 13. The molecule has 2 heterocycles. The smallest absolute Gasteiger partial charge is 0.326 e. The molecule has 11 nitrogen and oxygen atoms in total. The van der Waals surface area contributed by atoms with Gasteiger partial charge in [-0.2, -0.15) is 0 Å². The summed E-state index contributed by atoms with van der Waals surface area (Å²) in [6.45, 7) is -0.418. The second kappa shape index (κ2) is 15.9. The lowest BCUT2D eigenvalue weighted by Gasteiger charge is -2.19. The monoisotopic (exact) mass is 834 g/mol. The number of hydrogen-bond acceptors (Lipinski definition) is 6. The molecule has 12 heteroatoms. The van der Waals surface area contributed by atoms with Crippen molar-refractivity contribution in [1.29, 1.82) is 0 Å². The van der Waals surface area contributed by atoms with Crippen LogP contribution in [0.25, 0.3) is 28.0 Å². The Kier molecular flexibility index (Phi) is 10.7. The van der Waals surface area contributed by atoms with Crippen molar-refractivity contribution in [1.82, 2.24) is 10.3 Å². The van der Waals surface area contributed by atoms with Gasteiger partial charge in [-0.3, -0.25) is 9.59 Å². The van der Waals surface area contributed by atoms with Gasteiger partial charge in [-0.1, -0.05) is 60.7 Å². The minimum absolute atomic E-state index is 0.231. The molecule has 4 N–H and O–H groups in total. The number of aromatic nitrogens is 1. The number of aromatic amines is 1. The van der Waals surface area contributed by atoms with E-state index in [1.807, 2.05) is 72.8 Å². The Morgan fingerprint density at radius 1 is 0.889 bits per heavy atom. The summed E-state index contributed by atoms with van der Waals surface area (Å²) in [5, 5.41) is 20.6. The fraction of sp³-hybridized carbons (Fsp3) is 0.167. The number of fused-ring (bicyclic) bond motifs is 3. The first-order chi connectivity index (χ1) is 26.2. The summed E-state index contributed by atoms with van der Waals surface area (Å²) >= 11 is 2.37. The summed E-state index contributed by atoms with van der Waals surface area (Å²) in [7, 11) is 1.64. The fourth-order valence-electron chi connectivity index (χ4n) is 6.70. The van der Waals surface area contributed by atoms with Gasteiger partial charge in [-0.15, -0.1) is 0 Å². The first-order valence-corrected chi connectivity index (χ1v) is 18.4. The molecule has 1 aromatic heterocycles. The Bertz CT molecular complexity index is 2330. The van der Waals surface area contributed by atoms with E-state index in [-0.39, 0.29) is 12.8 Å². The number of carboxylic acids is 2. The number of aliphatic carboxylic acids is 2. The summed E-state index contributed by atoms with van der Waals surface area (Å²) in [6, 6.07) is 32.5. The molecule has 0 saturated heterocycles. The van der Waals surface area contributed by atoms with Crippen LogP contribution in [0.1, 0.15) is 35.1 Å². The number of amidine groups is 1. The van der Waals surface area contributed by atoms with Crippen LogP contribution in [0.4, 0.5) is 5.82 Å². The maximum absolute atomic E-state index is 12.5. The minimum atomic E-state index is -1.32. The Balaban J connectivity index is 1.23. The van der Waals surface area contributed by atoms with Crippen molar-refractivity contribution in [3.8, 4) is 33.9 Å². The molecule has 7 rings (SSSR count). The van der Waals surface area contributed by atoms with Crippen LogP contribution in [0.15, 0.2) is 117 Å². The highest BCUT2D eigenvalue weighted by Crippen LogP contribution is 2.46. The quantitative estimate of drug-likeness (QED) is 0.0886. The van der Waals surface area contributed by atoms with E-state index in [1.165, 1.54) is 0 Å². The van der Waals surface area contributed by atoms with E-state index in [4.69, 9.17) is 24.6 Å². The molecule has 0 spiro atoms. The van der Waals surface area contributed by atoms with Crippen molar-refractivity contribution in [3.05, 3.63) is 129 Å². The second-order valence-corrected chi connectivity index (χ2v) is 13.8. The Morgan fingerprint density at radius 2 is 1.57 bits per heavy atom. The maximum atomic E-state index is 12.5. The Labute approximate surface area is 324 Å². The van der Waals surface area contributed by atoms with Gasteiger partial charge >= 0.3 is 11.9 Å². The van der Waals surface area contributed by atoms with E-state index in [1.54, 1.807) is 13.2 Å². The third-order valence-corrected chi connectivity index (χ3v) is 10.3. The molecule has 1 aliphatic heterocycles. The normalized spacial score (nSPS) is 14.6. The number of nitrogens with one attached hydrogen (secondary N) is 2. The van der Waals surface area contributed by atoms with E-state index in [0.717, 1.165) is 71.7 Å². The van der Waals surface area contributed by atoms with Crippen LogP contribution in [0, 0.1) is 0 Å². The van der Waals surface area contributed by atoms with Gasteiger partial charge in [-0.05, 0) is 107 Å². The molecule has 0 fully saturated rings. The topological polar surface area (TPSA) is 163 Å². The third kappa shape index (κ3) is 7.69. The van der Waals surface area contributed by atoms with Crippen molar-refractivity contribution >= 4 is 63.4 Å². The summed E-state index contributed by atoms with van der Waals surface area (Å²) in [5.41, 5.74) is 9.86. The highest BCUT2D eigenvalue weighted by atomic mass is 127. The van der Waals surface area contributed by atoms with Crippen LogP contribution in [-0.2, 0) is 27.2 Å². The maximum Gasteiger partial charge on any atom is 0.326 e. The summed E-state index contributed by atoms with van der Waals surface area (Å²) < 4.78 is 12.1. The molecule has 4 aromatic carbocycles. The largest absolute Gasteiger partial charge is 0.497 e. The summed E-state index contributed by atoms with van der Waals surface area (Å²) in [6.07, 6.45) is 0.821. The van der Waals surface area contributed by atoms with Gasteiger partial charge in [0.25, 0.3) is 5.91 Å². The number of ether oxygens (including phenoxy) is 2. The van der Waals surface area contributed by atoms with E-state index < -0.39 is 30.5 Å². The zero-order valence-electron chi connectivity index (χ0n) is 29.1. The molecular formula is C42H35IN4O7. The number of carbonyl (C=O) groups is 3. The number of carbonyl (C=O) groups excluding carboxylic acids is 1. The zero-order chi connectivity index (χ0) is 37.8. The van der Waals surface area contributed by atoms with Crippen molar-refractivity contribution in [2.45, 2.75) is 31.7 Å². The number of H-pyrrole nitrogens is 1. The summed E-state index contributed by atoms with van der Waals surface area (Å²) in [4.78, 5) is 49.0. The number of carboxylic acid groups (broad SMARTS) is 2. The molecule has 5 aromatic rings. The molecular weight excluding hydrogens is 799 g/mol. The van der Waals surface area contributed by atoms with Crippen LogP contribution in [0.5, 0.6) is 11.5 Å². The Hall–Kier alpha value is -6.02. The van der Waals surface area contributed by atoms with Gasteiger partial charge < -0.3 is 30.0 Å². The molecule has 0 unspecified atom stereocenters. The number of methoxy groups -OCH3 is 1. The van der Waals surface area contributed by atoms with Gasteiger partial charge in [0.2, 0.25) is 0 Å². The number of halogens is 1. The highest BCUT2D eigenvalue weighted by Gasteiger charge is 2.30. The average molecular weight is 835 g/mol. The van der Waals surface area contributed by atoms with Gasteiger partial charge in [0.1, 0.15) is 23.4 Å². The first-order valence-electron chi connectivity index (χ1n) is 17.3. The van der Waals surface area contributed by atoms with Crippen molar-refractivity contribution < 1.29 is 34.1 Å². The van der Waals surface area contributed by atoms with E-state index in [9.17, 15) is 19.5 Å². The van der Waals surface area contributed by atoms with Crippen molar-refractivity contribution in [2.24, 2.45) is 9.98 Å². The number of hydrogen-bond donors (Lipinski definition) is 4. The van der Waals surface area contributed by atoms with E-state index in [0.29, 0.717) is 23.8 Å². The molecule has 0 radical (unpaired) electrons. The Morgan fingerprint density at radius 3 is 2.24 bits per heavy atom. The number of aliphatic imine (C=N–C) groups is 2. The van der Waals surface area contributed by atoms with E-state index in [2.05, 4.69) is 57.2 Å². The van der Waals surface area contributed by atoms with Gasteiger partial charge in [0, 0.05) is 28.7 Å². The lowest BCUT2D eigenvalue weighted by molar-refractivity contribution is -0.143. The van der Waals surface area contributed by atoms with Crippen LogP contribution in [-0.4, -0.2) is 64.3 Å². The molecule has 1 amide bonds. The van der Waals surface area contributed by atoms with Crippen molar-refractivity contribution in [2.75, 3.05) is 13.7 Å². The van der Waals surface area contributed by atoms with Gasteiger partial charge in [0.05, 0.1) is 22.1 Å². The van der Waals surface area contributed by atoms with Gasteiger partial charge in [0.15, 0.2) is 12.4 Å². The molecule has 272 valence electrons. The fourth-order valence-corrected chi connectivity index (χ4v) is 7.68. The standard InChI is InChI=1S/C42H35IN4O7/c1-53-28-15-12-26(13-16-28)38-37(43)36(25-10-6-3-7-11-25)41(45-38)47-40-35(24-8-4-2-5-9-24)31-18-14-27-22-29(17-19-30(27)39(31)46-40)54-23-33(48)44-32(42(51)52)20-21-34(49)50/h2-13,15-17,19,22,32,46H,14,18,20-21,23H2,1H3,(H,44,48)(H,49,50)(H,51,52)/t32-/m0/s1. The molecule has 1 aliphatic carbocycles. The average Bonchev–Trinajstić information content (AvgIpc) is 3.72. The lowest BCUT2D eigenvalue weighted by Crippen LogP contribution is -2.43. The highest BCUT2D eigenvalue weighted by molar-refractivity contribution is 14.1. The molecule has 0 bridgehead atoms. The number of amides is 1. The van der Waals surface area contributed by atoms with Crippen LogP contribution < -0.4 is 14.8 Å². The lowest BCUT2D eigenvalue weighted by atomic mass is 9.87. The minimum Gasteiger partial charge on any atom is -0.497 e. The number of aryl methyl sites for hydroxylation is 1. The number of benzene rings is 4. The number of allylic oxidation sites excluding steroid dienone is 1. The molecule has 0 saturated carbocycles. The predicted molar refractivity (Wildman–Crippen MR) is 215 cm³/mol. The molecule has 1 atom stereocenters. The zero-order valence-corrected chi connectivity index (χ0v) is 31.3. The van der Waals surface area contributed by atoms with Crippen LogP contribution >= 0.6 is 22.6 Å². The second-order valence-electron chi connectivity index (χ2n) is 12.7. The molecule has 2 aliphatic rings. The van der Waals surface area contributed by atoms with E-state index >= 15 is 0 Å². The number of nitrogens with zero attached hydrogens (tertiary/aromatic N) is 2. The van der Waals surface area contributed by atoms with Crippen LogP contribution in [0.2, 0.25) is 0 Å². The third-order valence-electron chi connectivity index (χ3n) is 9.30. The van der Waals surface area contributed by atoms with Crippen molar-refractivity contribution in [3.63, 3.8) is 0 Å².